The van der Waals surface area contributed by atoms with Crippen molar-refractivity contribution in [2.45, 2.75) is 0 Å². The van der Waals surface area contributed by atoms with Crippen molar-refractivity contribution in [3.63, 3.8) is 0 Å². The number of nitrogens with zero attached hydrogens (tertiary/aromatic N) is 3. The fourth-order valence-electron chi connectivity index (χ4n) is 2.07. The van der Waals surface area contributed by atoms with E-state index < -0.39 is 11.4 Å². The molecule has 0 bridgehead atoms. The van der Waals surface area contributed by atoms with Crippen molar-refractivity contribution in [3.8, 4) is 5.69 Å². The SMILES string of the molecule is COC(=O)c1nn(-c2cccc3ncccc23)ccc1=O. The predicted molar refractivity (Wildman–Crippen MR) is 76.5 cm³/mol. The molecule has 0 unspecified atom stereocenters. The monoisotopic (exact) mass is 281 g/mol. The summed E-state index contributed by atoms with van der Waals surface area (Å²) in [5, 5.41) is 4.93. The molecule has 0 aliphatic heterocycles. The number of esters is 1. The van der Waals surface area contributed by atoms with Crippen LogP contribution in [0.1, 0.15) is 10.5 Å². The van der Waals surface area contributed by atoms with Gasteiger partial charge >= 0.3 is 5.97 Å². The second-order valence-corrected chi connectivity index (χ2v) is 4.31. The summed E-state index contributed by atoms with van der Waals surface area (Å²) in [6.45, 7) is 0. The largest absolute Gasteiger partial charge is 0.464 e. The Morgan fingerprint density at radius 2 is 2.05 bits per heavy atom. The van der Waals surface area contributed by atoms with Crippen LogP contribution >= 0.6 is 0 Å². The molecule has 6 nitrogen and oxygen atoms in total. The summed E-state index contributed by atoms with van der Waals surface area (Å²) < 4.78 is 6.04. The van der Waals surface area contributed by atoms with Crippen molar-refractivity contribution >= 4 is 16.9 Å². The number of hydrogen-bond donors (Lipinski definition) is 0. The van der Waals surface area contributed by atoms with E-state index in [1.807, 2.05) is 30.3 Å². The minimum Gasteiger partial charge on any atom is -0.464 e. The number of rotatable bonds is 2. The van der Waals surface area contributed by atoms with Gasteiger partial charge in [-0.05, 0) is 24.3 Å². The van der Waals surface area contributed by atoms with Gasteiger partial charge in [-0.1, -0.05) is 6.07 Å². The van der Waals surface area contributed by atoms with Gasteiger partial charge in [-0.2, -0.15) is 5.10 Å². The van der Waals surface area contributed by atoms with Crippen LogP contribution in [0, 0.1) is 0 Å². The van der Waals surface area contributed by atoms with Crippen molar-refractivity contribution in [1.82, 2.24) is 14.8 Å². The van der Waals surface area contributed by atoms with Crippen LogP contribution in [-0.4, -0.2) is 27.8 Å². The van der Waals surface area contributed by atoms with Crippen molar-refractivity contribution in [2.75, 3.05) is 7.11 Å². The molecular weight excluding hydrogens is 270 g/mol. The molecule has 0 aliphatic rings. The number of fused-ring (bicyclic) bond motifs is 1. The molecule has 0 fully saturated rings. The van der Waals surface area contributed by atoms with Crippen LogP contribution in [0.4, 0.5) is 0 Å². The highest BCUT2D eigenvalue weighted by atomic mass is 16.5. The summed E-state index contributed by atoms with van der Waals surface area (Å²) in [7, 11) is 1.21. The molecule has 3 aromatic rings. The minimum atomic E-state index is -0.757. The van der Waals surface area contributed by atoms with E-state index in [-0.39, 0.29) is 5.69 Å². The van der Waals surface area contributed by atoms with Crippen molar-refractivity contribution < 1.29 is 9.53 Å². The summed E-state index contributed by atoms with van der Waals surface area (Å²) >= 11 is 0. The second kappa shape index (κ2) is 5.16. The second-order valence-electron chi connectivity index (χ2n) is 4.31. The van der Waals surface area contributed by atoms with E-state index in [0.717, 1.165) is 16.6 Å². The van der Waals surface area contributed by atoms with Crippen molar-refractivity contribution in [2.24, 2.45) is 0 Å². The molecule has 0 amide bonds. The predicted octanol–water partition coefficient (Wildman–Crippen LogP) is 1.57. The molecule has 0 radical (unpaired) electrons. The van der Waals surface area contributed by atoms with Gasteiger partial charge in [0, 0.05) is 23.8 Å². The molecular formula is C15H11N3O3. The molecule has 0 N–H and O–H groups in total. The smallest absolute Gasteiger partial charge is 0.362 e. The van der Waals surface area contributed by atoms with Gasteiger partial charge in [0.05, 0.1) is 18.3 Å². The molecule has 0 spiro atoms. The van der Waals surface area contributed by atoms with E-state index in [4.69, 9.17) is 0 Å². The number of carbonyl (C=O) groups excluding carboxylic acids is 1. The Kier molecular flexibility index (Phi) is 3.19. The van der Waals surface area contributed by atoms with Crippen molar-refractivity contribution in [1.29, 1.82) is 0 Å². The number of methoxy groups -OCH3 is 1. The lowest BCUT2D eigenvalue weighted by molar-refractivity contribution is 0.0590. The van der Waals surface area contributed by atoms with E-state index >= 15 is 0 Å². The zero-order valence-electron chi connectivity index (χ0n) is 11.2. The zero-order chi connectivity index (χ0) is 14.8. The molecule has 0 atom stereocenters. The van der Waals surface area contributed by atoms with Gasteiger partial charge in [-0.25, -0.2) is 9.48 Å². The van der Waals surface area contributed by atoms with E-state index in [9.17, 15) is 9.59 Å². The molecule has 104 valence electrons. The van der Waals surface area contributed by atoms with Crippen LogP contribution in [0.15, 0.2) is 53.6 Å². The highest BCUT2D eigenvalue weighted by molar-refractivity contribution is 5.88. The number of hydrogen-bond acceptors (Lipinski definition) is 5. The lowest BCUT2D eigenvalue weighted by Gasteiger charge is -2.09. The average molecular weight is 281 g/mol. The summed E-state index contributed by atoms with van der Waals surface area (Å²) in [6, 6.07) is 10.5. The Morgan fingerprint density at radius 1 is 1.19 bits per heavy atom. The van der Waals surface area contributed by atoms with E-state index in [1.165, 1.54) is 24.1 Å². The first kappa shape index (κ1) is 13.0. The van der Waals surface area contributed by atoms with Crippen LogP contribution in [0.2, 0.25) is 0 Å². The topological polar surface area (TPSA) is 74.1 Å². The van der Waals surface area contributed by atoms with Crippen LogP contribution in [0.3, 0.4) is 0 Å². The Morgan fingerprint density at radius 3 is 2.86 bits per heavy atom. The molecule has 2 aromatic heterocycles. The van der Waals surface area contributed by atoms with Gasteiger partial charge in [-0.15, -0.1) is 0 Å². The molecule has 0 aliphatic carbocycles. The van der Waals surface area contributed by atoms with Gasteiger partial charge < -0.3 is 4.74 Å². The molecule has 6 heteroatoms. The van der Waals surface area contributed by atoms with Crippen molar-refractivity contribution in [3.05, 3.63) is 64.7 Å². The van der Waals surface area contributed by atoms with Gasteiger partial charge in [0.25, 0.3) is 0 Å². The van der Waals surface area contributed by atoms with Crippen LogP contribution in [-0.2, 0) is 4.74 Å². The minimum absolute atomic E-state index is 0.249. The van der Waals surface area contributed by atoms with Gasteiger partial charge in [-0.3, -0.25) is 9.78 Å². The third-order valence-corrected chi connectivity index (χ3v) is 3.06. The first-order valence-corrected chi connectivity index (χ1v) is 6.23. The summed E-state index contributed by atoms with van der Waals surface area (Å²) in [4.78, 5) is 27.5. The summed E-state index contributed by atoms with van der Waals surface area (Å²) in [5.74, 6) is -0.757. The number of pyridine rings is 1. The Bertz CT molecular complexity index is 881. The number of carbonyl (C=O) groups is 1. The normalized spacial score (nSPS) is 10.5. The lowest BCUT2D eigenvalue weighted by Crippen LogP contribution is -2.21. The molecule has 2 heterocycles. The zero-order valence-corrected chi connectivity index (χ0v) is 11.2. The van der Waals surface area contributed by atoms with Crippen LogP contribution in [0.5, 0.6) is 0 Å². The van der Waals surface area contributed by atoms with Crippen LogP contribution < -0.4 is 5.43 Å². The third kappa shape index (κ3) is 2.27. The summed E-state index contributed by atoms with van der Waals surface area (Å²) in [6.07, 6.45) is 3.21. The van der Waals surface area contributed by atoms with E-state index in [2.05, 4.69) is 14.8 Å². The molecule has 0 saturated carbocycles. The summed E-state index contributed by atoms with van der Waals surface area (Å²) in [5.41, 5.74) is 0.804. The number of aromatic nitrogens is 3. The van der Waals surface area contributed by atoms with E-state index in [1.54, 1.807) is 6.20 Å². The number of benzene rings is 1. The fourth-order valence-corrected chi connectivity index (χ4v) is 2.07. The maximum Gasteiger partial charge on any atom is 0.362 e. The third-order valence-electron chi connectivity index (χ3n) is 3.06. The van der Waals surface area contributed by atoms with Crippen LogP contribution in [0.25, 0.3) is 16.6 Å². The van der Waals surface area contributed by atoms with Gasteiger partial charge in [0.2, 0.25) is 11.1 Å². The maximum atomic E-state index is 11.7. The quantitative estimate of drug-likeness (QED) is 0.666. The maximum absolute atomic E-state index is 11.7. The first-order valence-electron chi connectivity index (χ1n) is 6.23. The average Bonchev–Trinajstić information content (AvgIpc) is 2.54. The number of ether oxygens (including phenoxy) is 1. The Hall–Kier alpha value is -3.02. The van der Waals surface area contributed by atoms with E-state index in [0.29, 0.717) is 0 Å². The highest BCUT2D eigenvalue weighted by Crippen LogP contribution is 2.19. The standard InChI is InChI=1S/C15H11N3O3/c1-21-15(20)14-13(19)7-9-18(17-14)12-6-2-5-11-10(12)4-3-8-16-11/h2-9H,1H3. The first-order chi connectivity index (χ1) is 10.2. The Balaban J connectivity index is 2.24. The van der Waals surface area contributed by atoms with Gasteiger partial charge in [0.1, 0.15) is 0 Å². The Labute approximate surface area is 119 Å². The van der Waals surface area contributed by atoms with Gasteiger partial charge in [0.15, 0.2) is 0 Å². The molecule has 1 aromatic carbocycles. The lowest BCUT2D eigenvalue weighted by atomic mass is 10.2. The molecule has 21 heavy (non-hydrogen) atoms. The molecule has 3 rings (SSSR count). The highest BCUT2D eigenvalue weighted by Gasteiger charge is 2.14. The fraction of sp³-hybridized carbons (Fsp3) is 0.0667. The molecule has 0 saturated heterocycles.